The molecule has 1 nitrogen and oxygen atoms in total. The number of rotatable bonds is 2. The number of halogens is 2. The van der Waals surface area contributed by atoms with Gasteiger partial charge in [0.2, 0.25) is 0 Å². The first-order valence-electron chi connectivity index (χ1n) is 6.25. The Hall–Kier alpha value is -0.410. The molecule has 1 fully saturated rings. The van der Waals surface area contributed by atoms with E-state index in [9.17, 15) is 9.50 Å². The summed E-state index contributed by atoms with van der Waals surface area (Å²) in [5.41, 5.74) is 0.241. The van der Waals surface area contributed by atoms with E-state index in [4.69, 9.17) is 0 Å². The minimum atomic E-state index is -0.635. The van der Waals surface area contributed by atoms with Gasteiger partial charge in [-0.15, -0.1) is 0 Å². The van der Waals surface area contributed by atoms with Crippen LogP contribution in [0.1, 0.15) is 44.1 Å². The predicted molar refractivity (Wildman–Crippen MR) is 70.5 cm³/mol. The SMILES string of the molecule is OC1(Cc2cc(F)cc(Br)c2)CCCCCC1. The first-order valence-corrected chi connectivity index (χ1v) is 7.04. The molecule has 1 aliphatic carbocycles. The van der Waals surface area contributed by atoms with E-state index in [0.717, 1.165) is 35.7 Å². The van der Waals surface area contributed by atoms with Crippen molar-refractivity contribution in [2.24, 2.45) is 0 Å². The lowest BCUT2D eigenvalue weighted by Gasteiger charge is -2.26. The van der Waals surface area contributed by atoms with E-state index in [1.807, 2.05) is 6.07 Å². The summed E-state index contributed by atoms with van der Waals surface area (Å²) in [5.74, 6) is -0.244. The highest BCUT2D eigenvalue weighted by molar-refractivity contribution is 9.10. The van der Waals surface area contributed by atoms with Crippen molar-refractivity contribution >= 4 is 15.9 Å². The summed E-state index contributed by atoms with van der Waals surface area (Å²) < 4.78 is 14.0. The van der Waals surface area contributed by atoms with E-state index >= 15 is 0 Å². The van der Waals surface area contributed by atoms with Crippen molar-refractivity contribution in [2.75, 3.05) is 0 Å². The third-order valence-corrected chi connectivity index (χ3v) is 3.95. The average Bonchev–Trinajstić information content (AvgIpc) is 2.41. The third kappa shape index (κ3) is 3.78. The summed E-state index contributed by atoms with van der Waals surface area (Å²) in [5, 5.41) is 10.5. The predicted octanol–water partition coefficient (Wildman–Crippen LogP) is 4.22. The maximum atomic E-state index is 13.3. The maximum Gasteiger partial charge on any atom is 0.124 e. The minimum Gasteiger partial charge on any atom is -0.390 e. The highest BCUT2D eigenvalue weighted by Gasteiger charge is 2.28. The van der Waals surface area contributed by atoms with Gasteiger partial charge in [-0.25, -0.2) is 4.39 Å². The van der Waals surface area contributed by atoms with Crippen LogP contribution in [0.3, 0.4) is 0 Å². The highest BCUT2D eigenvalue weighted by atomic mass is 79.9. The topological polar surface area (TPSA) is 20.2 Å². The number of hydrogen-bond acceptors (Lipinski definition) is 1. The molecule has 3 heteroatoms. The Labute approximate surface area is 110 Å². The molecule has 1 aromatic rings. The first-order chi connectivity index (χ1) is 8.07. The van der Waals surface area contributed by atoms with Crippen molar-refractivity contribution in [2.45, 2.75) is 50.5 Å². The van der Waals surface area contributed by atoms with Gasteiger partial charge in [-0.3, -0.25) is 0 Å². The zero-order valence-electron chi connectivity index (χ0n) is 9.88. The smallest absolute Gasteiger partial charge is 0.124 e. The van der Waals surface area contributed by atoms with Gasteiger partial charge in [-0.05, 0) is 36.6 Å². The van der Waals surface area contributed by atoms with Crippen LogP contribution >= 0.6 is 15.9 Å². The van der Waals surface area contributed by atoms with Gasteiger partial charge in [0.1, 0.15) is 5.82 Å². The molecular formula is C14H18BrFO. The van der Waals surface area contributed by atoms with Crippen LogP contribution in [0.15, 0.2) is 22.7 Å². The molecule has 17 heavy (non-hydrogen) atoms. The Morgan fingerprint density at radius 1 is 1.12 bits per heavy atom. The van der Waals surface area contributed by atoms with Gasteiger partial charge in [0.15, 0.2) is 0 Å². The number of aliphatic hydroxyl groups is 1. The molecule has 0 saturated heterocycles. The number of hydrogen-bond donors (Lipinski definition) is 1. The van der Waals surface area contributed by atoms with Gasteiger partial charge in [-0.2, -0.15) is 0 Å². The quantitative estimate of drug-likeness (QED) is 0.811. The fraction of sp³-hybridized carbons (Fsp3) is 0.571. The molecule has 0 bridgehead atoms. The molecule has 1 N–H and O–H groups in total. The second kappa shape index (κ2) is 5.49. The summed E-state index contributed by atoms with van der Waals surface area (Å²) in [6, 6.07) is 4.86. The van der Waals surface area contributed by atoms with Crippen molar-refractivity contribution in [3.8, 4) is 0 Å². The standard InChI is InChI=1S/C14H18BrFO/c15-12-7-11(8-13(16)9-12)10-14(17)5-3-1-2-4-6-14/h7-9,17H,1-6,10H2. The van der Waals surface area contributed by atoms with E-state index in [1.54, 1.807) is 0 Å². The Balaban J connectivity index is 2.12. The van der Waals surface area contributed by atoms with Gasteiger partial charge in [0.25, 0.3) is 0 Å². The van der Waals surface area contributed by atoms with Crippen LogP contribution in [0.2, 0.25) is 0 Å². The molecule has 0 heterocycles. The van der Waals surface area contributed by atoms with Gasteiger partial charge >= 0.3 is 0 Å². The molecule has 0 unspecified atom stereocenters. The molecule has 0 aliphatic heterocycles. The van der Waals surface area contributed by atoms with E-state index in [1.165, 1.54) is 25.0 Å². The fourth-order valence-electron chi connectivity index (χ4n) is 2.66. The molecule has 0 spiro atoms. The van der Waals surface area contributed by atoms with Crippen molar-refractivity contribution in [3.05, 3.63) is 34.1 Å². The minimum absolute atomic E-state index is 0.244. The van der Waals surface area contributed by atoms with Crippen LogP contribution in [0.4, 0.5) is 4.39 Å². The van der Waals surface area contributed by atoms with Crippen LogP contribution in [0.5, 0.6) is 0 Å². The first kappa shape index (κ1) is 13.0. The van der Waals surface area contributed by atoms with Crippen molar-refractivity contribution < 1.29 is 9.50 Å². The van der Waals surface area contributed by atoms with Crippen LogP contribution in [0, 0.1) is 5.82 Å². The average molecular weight is 301 g/mol. The van der Waals surface area contributed by atoms with E-state index in [2.05, 4.69) is 15.9 Å². The third-order valence-electron chi connectivity index (χ3n) is 3.49. The molecule has 0 radical (unpaired) electrons. The van der Waals surface area contributed by atoms with Gasteiger partial charge in [0.05, 0.1) is 5.60 Å². The Morgan fingerprint density at radius 2 is 1.76 bits per heavy atom. The van der Waals surface area contributed by atoms with Crippen molar-refractivity contribution in [1.29, 1.82) is 0 Å². The van der Waals surface area contributed by atoms with Gasteiger partial charge < -0.3 is 5.11 Å². The summed E-state index contributed by atoms with van der Waals surface area (Å²) in [6.45, 7) is 0. The van der Waals surface area contributed by atoms with E-state index in [-0.39, 0.29) is 5.82 Å². The van der Waals surface area contributed by atoms with E-state index in [0.29, 0.717) is 6.42 Å². The van der Waals surface area contributed by atoms with Crippen molar-refractivity contribution in [3.63, 3.8) is 0 Å². The van der Waals surface area contributed by atoms with Gasteiger partial charge in [0, 0.05) is 10.9 Å². The monoisotopic (exact) mass is 300 g/mol. The molecule has 1 aliphatic rings. The van der Waals surface area contributed by atoms with Crippen LogP contribution < -0.4 is 0 Å². The molecule has 1 aromatic carbocycles. The van der Waals surface area contributed by atoms with Crippen LogP contribution in [0.25, 0.3) is 0 Å². The fourth-order valence-corrected chi connectivity index (χ4v) is 3.17. The summed E-state index contributed by atoms with van der Waals surface area (Å²) in [4.78, 5) is 0. The molecular weight excluding hydrogens is 283 g/mol. The molecule has 0 amide bonds. The molecule has 1 saturated carbocycles. The van der Waals surface area contributed by atoms with Crippen LogP contribution in [-0.2, 0) is 6.42 Å². The summed E-state index contributed by atoms with van der Waals surface area (Å²) in [6.07, 6.45) is 6.79. The normalized spacial score (nSPS) is 19.9. The van der Waals surface area contributed by atoms with Gasteiger partial charge in [-0.1, -0.05) is 41.6 Å². The van der Waals surface area contributed by atoms with Crippen LogP contribution in [-0.4, -0.2) is 10.7 Å². The second-order valence-corrected chi connectivity index (χ2v) is 6.01. The Kier molecular flexibility index (Phi) is 4.21. The zero-order chi connectivity index (χ0) is 12.3. The lowest BCUT2D eigenvalue weighted by Crippen LogP contribution is -2.30. The lowest BCUT2D eigenvalue weighted by atomic mass is 9.87. The largest absolute Gasteiger partial charge is 0.390 e. The summed E-state index contributed by atoms with van der Waals surface area (Å²) >= 11 is 3.29. The Morgan fingerprint density at radius 3 is 2.35 bits per heavy atom. The molecule has 0 atom stereocenters. The maximum absolute atomic E-state index is 13.3. The Bertz CT molecular complexity index is 364. The highest BCUT2D eigenvalue weighted by Crippen LogP contribution is 2.31. The number of benzene rings is 1. The van der Waals surface area contributed by atoms with E-state index < -0.39 is 5.60 Å². The van der Waals surface area contributed by atoms with Crippen molar-refractivity contribution in [1.82, 2.24) is 0 Å². The molecule has 2 rings (SSSR count). The second-order valence-electron chi connectivity index (χ2n) is 5.09. The summed E-state index contributed by atoms with van der Waals surface area (Å²) in [7, 11) is 0. The molecule has 94 valence electrons. The zero-order valence-corrected chi connectivity index (χ0v) is 11.5. The molecule has 0 aromatic heterocycles. The lowest BCUT2D eigenvalue weighted by molar-refractivity contribution is 0.0252.